The third-order valence-electron chi connectivity index (χ3n) is 4.69. The Hall–Kier alpha value is -0.970. The number of aliphatic hydroxyl groups excluding tert-OH is 1. The molecule has 1 saturated heterocycles. The van der Waals surface area contributed by atoms with Gasteiger partial charge < -0.3 is 15.3 Å². The van der Waals surface area contributed by atoms with Gasteiger partial charge in [-0.2, -0.15) is 0 Å². The number of likely N-dealkylation sites (tertiary alicyclic amines) is 1. The smallest absolute Gasteiger partial charge is 0.123 e. The number of aryl methyl sites for hydroxylation is 1. The zero-order chi connectivity index (χ0) is 14.7. The summed E-state index contributed by atoms with van der Waals surface area (Å²) in [5.41, 5.74) is 2.32. The average molecular weight is 292 g/mol. The summed E-state index contributed by atoms with van der Waals surface area (Å²) in [6.45, 7) is 3.60. The molecule has 1 aromatic rings. The minimum Gasteiger partial charge on any atom is -0.390 e. The fraction of sp³-hybridized carbons (Fsp3) is 0.647. The first-order valence-corrected chi connectivity index (χ1v) is 8.14. The third-order valence-corrected chi connectivity index (χ3v) is 4.69. The predicted molar refractivity (Wildman–Crippen MR) is 81.8 cm³/mol. The number of β-amino-alcohol motifs (C(OH)–C–C–N with tert-alkyl or cyclic N) is 1. The molecule has 1 aliphatic heterocycles. The van der Waals surface area contributed by atoms with Crippen LogP contribution in [0.1, 0.15) is 42.9 Å². The van der Waals surface area contributed by atoms with Crippen molar-refractivity contribution in [2.24, 2.45) is 0 Å². The summed E-state index contributed by atoms with van der Waals surface area (Å²) in [6, 6.07) is 5.35. The van der Waals surface area contributed by atoms with Crippen molar-refractivity contribution in [3.63, 3.8) is 0 Å². The molecule has 2 unspecified atom stereocenters. The maximum Gasteiger partial charge on any atom is 0.123 e. The van der Waals surface area contributed by atoms with Crippen LogP contribution in [0, 0.1) is 5.82 Å². The highest BCUT2D eigenvalue weighted by atomic mass is 19.1. The first-order valence-electron chi connectivity index (χ1n) is 8.14. The second-order valence-electron chi connectivity index (χ2n) is 6.36. The highest BCUT2D eigenvalue weighted by molar-refractivity contribution is 5.32. The van der Waals surface area contributed by atoms with Crippen molar-refractivity contribution in [3.8, 4) is 0 Å². The highest BCUT2D eigenvalue weighted by Gasteiger charge is 2.22. The van der Waals surface area contributed by atoms with Crippen LogP contribution in [0.4, 0.5) is 4.39 Å². The molecule has 2 atom stereocenters. The summed E-state index contributed by atoms with van der Waals surface area (Å²) in [6.07, 6.45) is 5.28. The Kier molecular flexibility index (Phi) is 4.88. The molecule has 1 aromatic carbocycles. The van der Waals surface area contributed by atoms with Gasteiger partial charge in [0.15, 0.2) is 0 Å². The number of halogens is 1. The Balaban J connectivity index is 1.54. The molecule has 0 amide bonds. The molecule has 3 nitrogen and oxygen atoms in total. The van der Waals surface area contributed by atoms with Crippen molar-refractivity contribution < 1.29 is 9.50 Å². The van der Waals surface area contributed by atoms with Crippen LogP contribution >= 0.6 is 0 Å². The summed E-state index contributed by atoms with van der Waals surface area (Å²) >= 11 is 0. The van der Waals surface area contributed by atoms with Crippen LogP contribution in [-0.2, 0) is 6.42 Å². The zero-order valence-corrected chi connectivity index (χ0v) is 12.5. The van der Waals surface area contributed by atoms with E-state index in [0.29, 0.717) is 6.54 Å². The number of nitrogens with one attached hydrogen (secondary N) is 1. The van der Waals surface area contributed by atoms with Crippen molar-refractivity contribution in [2.45, 2.75) is 44.2 Å². The van der Waals surface area contributed by atoms with E-state index in [1.807, 2.05) is 6.07 Å². The summed E-state index contributed by atoms with van der Waals surface area (Å²) < 4.78 is 13.3. The lowest BCUT2D eigenvalue weighted by atomic mass is 9.87. The number of aliphatic hydroxyl groups is 1. The molecule has 2 N–H and O–H groups in total. The SMILES string of the molecule is OC(CNC1CCCc2cc(F)ccc21)CN1CCCC1. The Morgan fingerprint density at radius 3 is 2.90 bits per heavy atom. The molecule has 1 fully saturated rings. The van der Waals surface area contributed by atoms with Crippen LogP contribution in [0.5, 0.6) is 0 Å². The Morgan fingerprint density at radius 1 is 1.29 bits per heavy atom. The van der Waals surface area contributed by atoms with Gasteiger partial charge in [-0.25, -0.2) is 4.39 Å². The molecular weight excluding hydrogens is 267 g/mol. The van der Waals surface area contributed by atoms with Crippen LogP contribution in [0.15, 0.2) is 18.2 Å². The first kappa shape index (κ1) is 14.9. The molecule has 2 aliphatic rings. The Bertz CT molecular complexity index is 474. The van der Waals surface area contributed by atoms with Crippen LogP contribution in [0.3, 0.4) is 0 Å². The van der Waals surface area contributed by atoms with E-state index in [9.17, 15) is 9.50 Å². The van der Waals surface area contributed by atoms with Gasteiger partial charge in [0.2, 0.25) is 0 Å². The molecule has 1 heterocycles. The number of hydrogen-bond donors (Lipinski definition) is 2. The summed E-state index contributed by atoms with van der Waals surface area (Å²) in [4.78, 5) is 2.33. The molecule has 0 aromatic heterocycles. The van der Waals surface area contributed by atoms with E-state index in [1.54, 1.807) is 12.1 Å². The number of benzene rings is 1. The summed E-state index contributed by atoms with van der Waals surface area (Å²) in [5, 5.41) is 13.6. The second kappa shape index (κ2) is 6.86. The number of hydrogen-bond acceptors (Lipinski definition) is 3. The average Bonchev–Trinajstić information content (AvgIpc) is 2.97. The molecule has 0 spiro atoms. The lowest BCUT2D eigenvalue weighted by Gasteiger charge is -2.28. The maximum absolute atomic E-state index is 13.3. The molecule has 1 aliphatic carbocycles. The molecule has 116 valence electrons. The summed E-state index contributed by atoms with van der Waals surface area (Å²) in [7, 11) is 0. The van der Waals surface area contributed by atoms with Gasteiger partial charge in [-0.3, -0.25) is 0 Å². The Labute approximate surface area is 126 Å². The van der Waals surface area contributed by atoms with Crippen LogP contribution in [0.2, 0.25) is 0 Å². The number of fused-ring (bicyclic) bond motifs is 1. The molecular formula is C17H25FN2O. The van der Waals surface area contributed by atoms with Crippen LogP contribution in [-0.4, -0.2) is 42.3 Å². The topological polar surface area (TPSA) is 35.5 Å². The minimum absolute atomic E-state index is 0.150. The van der Waals surface area contributed by atoms with E-state index in [0.717, 1.165) is 44.5 Å². The Morgan fingerprint density at radius 2 is 2.10 bits per heavy atom. The standard InChI is InChI=1S/C17H25FN2O/c18-14-6-7-16-13(10-14)4-3-5-17(16)19-11-15(21)12-20-8-1-2-9-20/h6-7,10,15,17,19,21H,1-5,8-9,11-12H2. The van der Waals surface area contributed by atoms with Crippen LogP contribution < -0.4 is 5.32 Å². The fourth-order valence-corrected chi connectivity index (χ4v) is 3.60. The van der Waals surface area contributed by atoms with Gasteiger partial charge in [-0.1, -0.05) is 6.07 Å². The van der Waals surface area contributed by atoms with E-state index >= 15 is 0 Å². The van der Waals surface area contributed by atoms with Gasteiger partial charge in [0, 0.05) is 19.1 Å². The van der Waals surface area contributed by atoms with E-state index in [1.165, 1.54) is 18.4 Å². The molecule has 0 radical (unpaired) electrons. The van der Waals surface area contributed by atoms with E-state index in [2.05, 4.69) is 10.2 Å². The first-order chi connectivity index (χ1) is 10.2. The monoisotopic (exact) mass is 292 g/mol. The second-order valence-corrected chi connectivity index (χ2v) is 6.36. The van der Waals surface area contributed by atoms with Crippen molar-refractivity contribution in [1.82, 2.24) is 10.2 Å². The van der Waals surface area contributed by atoms with Crippen molar-refractivity contribution in [3.05, 3.63) is 35.1 Å². The van der Waals surface area contributed by atoms with Crippen molar-refractivity contribution in [1.29, 1.82) is 0 Å². The molecule has 0 bridgehead atoms. The predicted octanol–water partition coefficient (Wildman–Crippen LogP) is 2.25. The van der Waals surface area contributed by atoms with Gasteiger partial charge in [0.1, 0.15) is 5.82 Å². The highest BCUT2D eigenvalue weighted by Crippen LogP contribution is 2.30. The molecule has 0 saturated carbocycles. The van der Waals surface area contributed by atoms with Gasteiger partial charge in [-0.05, 0) is 68.5 Å². The van der Waals surface area contributed by atoms with Crippen molar-refractivity contribution >= 4 is 0 Å². The van der Waals surface area contributed by atoms with Gasteiger partial charge in [-0.15, -0.1) is 0 Å². The molecule has 4 heteroatoms. The quantitative estimate of drug-likeness (QED) is 0.874. The van der Waals surface area contributed by atoms with Crippen LogP contribution in [0.25, 0.3) is 0 Å². The normalized spacial score (nSPS) is 24.0. The number of rotatable bonds is 5. The van der Waals surface area contributed by atoms with E-state index < -0.39 is 0 Å². The molecule has 21 heavy (non-hydrogen) atoms. The summed E-state index contributed by atoms with van der Waals surface area (Å²) in [5.74, 6) is -0.150. The van der Waals surface area contributed by atoms with Crippen molar-refractivity contribution in [2.75, 3.05) is 26.2 Å². The zero-order valence-electron chi connectivity index (χ0n) is 12.5. The van der Waals surface area contributed by atoms with Gasteiger partial charge in [0.05, 0.1) is 6.10 Å². The minimum atomic E-state index is -0.325. The number of nitrogens with zero attached hydrogens (tertiary/aromatic N) is 1. The maximum atomic E-state index is 13.3. The van der Waals surface area contributed by atoms with E-state index in [-0.39, 0.29) is 18.0 Å². The lowest BCUT2D eigenvalue weighted by molar-refractivity contribution is 0.119. The van der Waals surface area contributed by atoms with Gasteiger partial charge >= 0.3 is 0 Å². The fourth-order valence-electron chi connectivity index (χ4n) is 3.60. The van der Waals surface area contributed by atoms with E-state index in [4.69, 9.17) is 0 Å². The molecule has 3 rings (SSSR count). The van der Waals surface area contributed by atoms with Gasteiger partial charge in [0.25, 0.3) is 0 Å². The lowest BCUT2D eigenvalue weighted by Crippen LogP contribution is -2.39. The third kappa shape index (κ3) is 3.82. The largest absolute Gasteiger partial charge is 0.390 e.